The number of likely N-dealkylation sites (N-methyl/N-ethyl adjacent to an activating group) is 1. The van der Waals surface area contributed by atoms with Gasteiger partial charge in [0.15, 0.2) is 0 Å². The molecule has 4 heterocycles. The summed E-state index contributed by atoms with van der Waals surface area (Å²) in [6.07, 6.45) is 14.2. The number of benzene rings is 1. The van der Waals surface area contributed by atoms with Crippen molar-refractivity contribution < 1.29 is 17.9 Å². The number of likely N-dealkylation sites (tertiary alicyclic amines) is 1. The molecule has 46 heavy (non-hydrogen) atoms. The standard InChI is InChI=1S/C36H47N5O4S/c1-38(2)46(43,44)37-36(42)34-29-21-41-30(17-28-31(45-4)16-15-26(35(28)41)22-9-6-5-7-10-22)32-23(11-8-12-27(32)33(29)34)18-40-24-13-14-25(40)20-39(3)19-24/h8,12,15-17,22-25,32H,5-7,9-11,13-14,18-21H2,1-4H3,(H,37,42)/t23-,24?,25?,32?/m0/s1. The smallest absolute Gasteiger partial charge is 0.303 e. The van der Waals surface area contributed by atoms with Crippen LogP contribution in [0.1, 0.15) is 74.5 Å². The van der Waals surface area contributed by atoms with Crippen LogP contribution in [0.4, 0.5) is 0 Å². The number of nitrogens with zero attached hydrogens (tertiary/aromatic N) is 4. The molecule has 8 rings (SSSR count). The molecule has 2 aromatic rings. The Labute approximate surface area is 273 Å². The quantitative estimate of drug-likeness (QED) is 0.471. The van der Waals surface area contributed by atoms with Gasteiger partial charge in [0, 0.05) is 69.4 Å². The Morgan fingerprint density at radius 1 is 1.07 bits per heavy atom. The molecule has 1 saturated carbocycles. The van der Waals surface area contributed by atoms with E-state index in [9.17, 15) is 13.2 Å². The minimum Gasteiger partial charge on any atom is -0.496 e. The first-order valence-corrected chi connectivity index (χ1v) is 18.6. The van der Waals surface area contributed by atoms with E-state index in [1.165, 1.54) is 81.4 Å². The molecule has 3 aliphatic heterocycles. The number of methoxy groups -OCH3 is 1. The number of nitrogens with one attached hydrogen (secondary N) is 1. The van der Waals surface area contributed by atoms with Crippen LogP contribution in [0.25, 0.3) is 10.9 Å². The van der Waals surface area contributed by atoms with Crippen LogP contribution in [0.2, 0.25) is 0 Å². The number of carbonyl (C=O) groups is 1. The van der Waals surface area contributed by atoms with E-state index < -0.39 is 16.1 Å². The van der Waals surface area contributed by atoms with Crippen molar-refractivity contribution >= 4 is 27.0 Å². The Bertz CT molecular complexity index is 1780. The number of hydrogen-bond acceptors (Lipinski definition) is 6. The molecule has 2 saturated heterocycles. The highest BCUT2D eigenvalue weighted by atomic mass is 32.2. The van der Waals surface area contributed by atoms with Crippen LogP contribution in [-0.4, -0.2) is 93.0 Å². The zero-order valence-corrected chi connectivity index (χ0v) is 28.4. The second-order valence-electron chi connectivity index (χ2n) is 14.7. The molecule has 246 valence electrons. The summed E-state index contributed by atoms with van der Waals surface area (Å²) in [4.78, 5) is 18.9. The van der Waals surface area contributed by atoms with Gasteiger partial charge in [-0.1, -0.05) is 37.5 Å². The van der Waals surface area contributed by atoms with Crippen molar-refractivity contribution in [2.75, 3.05) is 47.9 Å². The average Bonchev–Trinajstić information content (AvgIpc) is 3.59. The number of amides is 1. The number of fused-ring (bicyclic) bond motifs is 8. The van der Waals surface area contributed by atoms with Gasteiger partial charge in [0.25, 0.3) is 5.91 Å². The van der Waals surface area contributed by atoms with Crippen molar-refractivity contribution in [3.05, 3.63) is 63.9 Å². The highest BCUT2D eigenvalue weighted by Gasteiger charge is 2.48. The molecule has 0 radical (unpaired) electrons. The van der Waals surface area contributed by atoms with Gasteiger partial charge in [-0.25, -0.2) is 4.72 Å². The maximum Gasteiger partial charge on any atom is 0.303 e. The number of allylic oxidation sites excluding steroid dienone is 4. The first kappa shape index (κ1) is 30.4. The Kier molecular flexibility index (Phi) is 7.51. The van der Waals surface area contributed by atoms with Gasteiger partial charge in [-0.2, -0.15) is 12.7 Å². The van der Waals surface area contributed by atoms with Crippen molar-refractivity contribution in [3.8, 4) is 5.75 Å². The molecule has 1 aromatic carbocycles. The lowest BCUT2D eigenvalue weighted by Gasteiger charge is -2.43. The van der Waals surface area contributed by atoms with Gasteiger partial charge in [0.1, 0.15) is 5.75 Å². The molecule has 6 aliphatic rings. The van der Waals surface area contributed by atoms with Gasteiger partial charge in [-0.15, -0.1) is 0 Å². The van der Waals surface area contributed by atoms with Crippen LogP contribution in [0.3, 0.4) is 0 Å². The Morgan fingerprint density at radius 2 is 1.80 bits per heavy atom. The molecule has 1 amide bonds. The Hall–Kier alpha value is -2.92. The summed E-state index contributed by atoms with van der Waals surface area (Å²) in [7, 11) is 2.97. The third-order valence-electron chi connectivity index (χ3n) is 11.8. The third kappa shape index (κ3) is 4.90. The second kappa shape index (κ2) is 11.4. The lowest BCUT2D eigenvalue weighted by molar-refractivity contribution is -0.115. The van der Waals surface area contributed by atoms with Crippen molar-refractivity contribution in [3.63, 3.8) is 0 Å². The molecule has 3 unspecified atom stereocenters. The summed E-state index contributed by atoms with van der Waals surface area (Å²) in [6, 6.07) is 8.00. The predicted octanol–water partition coefficient (Wildman–Crippen LogP) is 4.68. The van der Waals surface area contributed by atoms with E-state index in [1.54, 1.807) is 7.11 Å². The van der Waals surface area contributed by atoms with Crippen LogP contribution in [-0.2, 0) is 21.5 Å². The van der Waals surface area contributed by atoms with Crippen LogP contribution in [0.15, 0.2) is 52.6 Å². The molecule has 1 N–H and O–H groups in total. The van der Waals surface area contributed by atoms with E-state index in [-0.39, 0.29) is 5.92 Å². The SMILES string of the molecule is COc1ccc(C2CCCCC2)c2c1cc1n2CC2=C(C(=O)NS(=O)(=O)N(C)C)C2=C2C=CC[C@@H](CN3C4CCC3CN(C)C4)C21. The predicted molar refractivity (Wildman–Crippen MR) is 180 cm³/mol. The van der Waals surface area contributed by atoms with E-state index in [1.807, 2.05) is 0 Å². The van der Waals surface area contributed by atoms with Crippen LogP contribution in [0.5, 0.6) is 5.75 Å². The van der Waals surface area contributed by atoms with E-state index in [4.69, 9.17) is 4.74 Å². The summed E-state index contributed by atoms with van der Waals surface area (Å²) in [5, 5.41) is 1.15. The second-order valence-corrected chi connectivity index (χ2v) is 16.6. The highest BCUT2D eigenvalue weighted by molar-refractivity contribution is 7.87. The van der Waals surface area contributed by atoms with Crippen molar-refractivity contribution in [1.82, 2.24) is 23.4 Å². The largest absolute Gasteiger partial charge is 0.496 e. The molecular weight excluding hydrogens is 598 g/mol. The van der Waals surface area contributed by atoms with Gasteiger partial charge in [0.2, 0.25) is 0 Å². The maximum atomic E-state index is 13.7. The first-order chi connectivity index (χ1) is 22.2. The topological polar surface area (TPSA) is 87.1 Å². The number of rotatable bonds is 7. The molecule has 9 nitrogen and oxygen atoms in total. The van der Waals surface area contributed by atoms with Gasteiger partial charge < -0.3 is 14.2 Å². The fourth-order valence-electron chi connectivity index (χ4n) is 9.58. The van der Waals surface area contributed by atoms with Crippen molar-refractivity contribution in [2.24, 2.45) is 5.92 Å². The number of hydrogen-bond donors (Lipinski definition) is 1. The molecule has 4 atom stereocenters. The maximum absolute atomic E-state index is 13.7. The normalized spacial score (nSPS) is 28.4. The first-order valence-electron chi connectivity index (χ1n) is 17.2. The van der Waals surface area contributed by atoms with Gasteiger partial charge in [0.05, 0.1) is 18.2 Å². The summed E-state index contributed by atoms with van der Waals surface area (Å²) in [5.41, 5.74) is 7.56. The van der Waals surface area contributed by atoms with E-state index >= 15 is 0 Å². The Balaban J connectivity index is 1.28. The monoisotopic (exact) mass is 645 g/mol. The van der Waals surface area contributed by atoms with Crippen LogP contribution in [0, 0.1) is 5.92 Å². The molecular formula is C36H47N5O4S. The molecule has 3 aliphatic carbocycles. The number of aromatic nitrogens is 1. The number of carbonyl (C=O) groups excluding carboxylic acids is 1. The summed E-state index contributed by atoms with van der Waals surface area (Å²) in [5.74, 6) is 1.31. The molecule has 0 spiro atoms. The van der Waals surface area contributed by atoms with E-state index in [2.05, 4.69) is 56.5 Å². The van der Waals surface area contributed by atoms with Crippen LogP contribution < -0.4 is 9.46 Å². The minimum atomic E-state index is -3.91. The van der Waals surface area contributed by atoms with E-state index in [0.29, 0.717) is 36.0 Å². The molecule has 3 fully saturated rings. The summed E-state index contributed by atoms with van der Waals surface area (Å²) < 4.78 is 37.3. The number of piperazine rings is 1. The summed E-state index contributed by atoms with van der Waals surface area (Å²) in [6.45, 7) is 3.83. The lowest BCUT2D eigenvalue weighted by Crippen LogP contribution is -2.54. The summed E-state index contributed by atoms with van der Waals surface area (Å²) >= 11 is 0. The molecule has 1 aromatic heterocycles. The fraction of sp³-hybridized carbons (Fsp3) is 0.583. The fourth-order valence-corrected chi connectivity index (χ4v) is 10.1. The van der Waals surface area contributed by atoms with Crippen molar-refractivity contribution in [1.29, 1.82) is 0 Å². The third-order valence-corrected chi connectivity index (χ3v) is 13.2. The minimum absolute atomic E-state index is 0.101. The van der Waals surface area contributed by atoms with Gasteiger partial charge in [-0.3, -0.25) is 9.69 Å². The zero-order chi connectivity index (χ0) is 31.9. The zero-order valence-electron chi connectivity index (χ0n) is 27.6. The van der Waals surface area contributed by atoms with Crippen LogP contribution >= 0.6 is 0 Å². The highest BCUT2D eigenvalue weighted by Crippen LogP contribution is 2.55. The van der Waals surface area contributed by atoms with Gasteiger partial charge >= 0.3 is 10.2 Å². The number of ether oxygens (including phenoxy) is 1. The van der Waals surface area contributed by atoms with Crippen molar-refractivity contribution in [2.45, 2.75) is 81.8 Å². The lowest BCUT2D eigenvalue weighted by atomic mass is 9.76. The van der Waals surface area contributed by atoms with E-state index in [0.717, 1.165) is 52.6 Å². The average molecular weight is 646 g/mol. The van der Waals surface area contributed by atoms with Gasteiger partial charge in [-0.05, 0) is 85.4 Å². The Morgan fingerprint density at radius 3 is 2.50 bits per heavy atom. The molecule has 10 heteroatoms. The molecule has 2 bridgehead atoms.